The molecule has 31 heavy (non-hydrogen) atoms. The lowest BCUT2D eigenvalue weighted by Crippen LogP contribution is -2.31. The number of anilines is 1. The number of hydrogen-bond donors (Lipinski definition) is 3. The summed E-state index contributed by atoms with van der Waals surface area (Å²) in [6.07, 6.45) is 0. The molecule has 0 bridgehead atoms. The standard InChI is InChI=1S/C22H23N5O4/c1-4-31-16-9-8-13(11-17(16)30-3)19-18(20(23)29)12(2)24-22-25-21(26-27(19)22)14-6-5-7-15(28)10-14/h5-11,19,28H,4H2,1-3H3,(H2,23,29)(H,24,25,26). The molecule has 1 amide bonds. The number of aromatic nitrogens is 3. The van der Waals surface area contributed by atoms with Crippen LogP contribution in [0.1, 0.15) is 25.5 Å². The van der Waals surface area contributed by atoms with Crippen LogP contribution in [-0.2, 0) is 4.79 Å². The Labute approximate surface area is 179 Å². The van der Waals surface area contributed by atoms with E-state index >= 15 is 0 Å². The summed E-state index contributed by atoms with van der Waals surface area (Å²) in [6, 6.07) is 11.5. The van der Waals surface area contributed by atoms with Gasteiger partial charge in [-0.3, -0.25) is 4.79 Å². The highest BCUT2D eigenvalue weighted by Gasteiger charge is 2.34. The van der Waals surface area contributed by atoms with Crippen LogP contribution in [0.25, 0.3) is 11.4 Å². The Morgan fingerprint density at radius 2 is 2.06 bits per heavy atom. The molecule has 9 nitrogen and oxygen atoms in total. The Bertz CT molecular complexity index is 1180. The molecule has 2 aromatic carbocycles. The van der Waals surface area contributed by atoms with Crippen LogP contribution in [0.2, 0.25) is 0 Å². The van der Waals surface area contributed by atoms with Crippen molar-refractivity contribution < 1.29 is 19.4 Å². The van der Waals surface area contributed by atoms with Crippen molar-refractivity contribution in [1.82, 2.24) is 14.8 Å². The summed E-state index contributed by atoms with van der Waals surface area (Å²) in [4.78, 5) is 16.9. The Hall–Kier alpha value is -4.01. The maximum Gasteiger partial charge on any atom is 0.248 e. The van der Waals surface area contributed by atoms with Gasteiger partial charge in [-0.15, -0.1) is 5.10 Å². The van der Waals surface area contributed by atoms with Crippen molar-refractivity contribution in [2.75, 3.05) is 19.0 Å². The number of aromatic hydroxyl groups is 1. The van der Waals surface area contributed by atoms with E-state index in [-0.39, 0.29) is 5.75 Å². The highest BCUT2D eigenvalue weighted by atomic mass is 16.5. The van der Waals surface area contributed by atoms with Crippen molar-refractivity contribution in [3.63, 3.8) is 0 Å². The number of benzene rings is 2. The van der Waals surface area contributed by atoms with Gasteiger partial charge in [0.05, 0.1) is 19.3 Å². The van der Waals surface area contributed by atoms with Gasteiger partial charge in [-0.2, -0.15) is 4.98 Å². The van der Waals surface area contributed by atoms with Gasteiger partial charge in [0, 0.05) is 11.3 Å². The number of phenols is 1. The second-order valence-corrected chi connectivity index (χ2v) is 7.03. The molecule has 0 aliphatic carbocycles. The fraction of sp³-hybridized carbons (Fsp3) is 0.227. The minimum absolute atomic E-state index is 0.109. The van der Waals surface area contributed by atoms with Gasteiger partial charge in [0.2, 0.25) is 11.9 Å². The summed E-state index contributed by atoms with van der Waals surface area (Å²) in [5, 5.41) is 17.5. The molecule has 1 unspecified atom stereocenters. The predicted molar refractivity (Wildman–Crippen MR) is 115 cm³/mol. The lowest BCUT2D eigenvalue weighted by atomic mass is 9.95. The summed E-state index contributed by atoms with van der Waals surface area (Å²) in [5.74, 6) is 1.54. The molecule has 1 atom stereocenters. The van der Waals surface area contributed by atoms with E-state index in [4.69, 9.17) is 15.2 Å². The molecular formula is C22H23N5O4. The van der Waals surface area contributed by atoms with Crippen molar-refractivity contribution in [3.05, 3.63) is 59.3 Å². The first-order valence-corrected chi connectivity index (χ1v) is 9.77. The van der Waals surface area contributed by atoms with E-state index in [9.17, 15) is 9.90 Å². The van der Waals surface area contributed by atoms with Crippen molar-refractivity contribution in [3.8, 4) is 28.6 Å². The smallest absolute Gasteiger partial charge is 0.248 e. The average Bonchev–Trinajstić information content (AvgIpc) is 3.16. The number of nitrogens with two attached hydrogens (primary N) is 1. The van der Waals surface area contributed by atoms with Crippen molar-refractivity contribution in [1.29, 1.82) is 0 Å². The molecule has 4 rings (SSSR count). The summed E-state index contributed by atoms with van der Waals surface area (Å²) >= 11 is 0. The Morgan fingerprint density at radius 1 is 1.26 bits per heavy atom. The zero-order valence-corrected chi connectivity index (χ0v) is 17.4. The molecule has 4 N–H and O–H groups in total. The van der Waals surface area contributed by atoms with Crippen molar-refractivity contribution in [2.45, 2.75) is 19.9 Å². The third-order valence-corrected chi connectivity index (χ3v) is 5.03. The number of carbonyl (C=O) groups excluding carboxylic acids is 1. The van der Waals surface area contributed by atoms with Crippen LogP contribution < -0.4 is 20.5 Å². The monoisotopic (exact) mass is 421 g/mol. The Balaban J connectivity index is 1.87. The maximum atomic E-state index is 12.4. The lowest BCUT2D eigenvalue weighted by molar-refractivity contribution is -0.115. The van der Waals surface area contributed by atoms with E-state index in [2.05, 4.69) is 15.4 Å². The van der Waals surface area contributed by atoms with E-state index < -0.39 is 11.9 Å². The van der Waals surface area contributed by atoms with Gasteiger partial charge in [-0.25, -0.2) is 4.68 Å². The molecule has 0 spiro atoms. The summed E-state index contributed by atoms with van der Waals surface area (Å²) in [6.45, 7) is 4.15. The highest BCUT2D eigenvalue weighted by molar-refractivity contribution is 5.95. The number of fused-ring (bicyclic) bond motifs is 1. The van der Waals surface area contributed by atoms with E-state index in [0.29, 0.717) is 46.7 Å². The van der Waals surface area contributed by atoms with Crippen molar-refractivity contribution >= 4 is 11.9 Å². The van der Waals surface area contributed by atoms with Crippen LogP contribution in [0.4, 0.5) is 5.95 Å². The number of amides is 1. The average molecular weight is 421 g/mol. The highest BCUT2D eigenvalue weighted by Crippen LogP contribution is 2.39. The van der Waals surface area contributed by atoms with Gasteiger partial charge in [0.15, 0.2) is 17.3 Å². The number of nitrogens with zero attached hydrogens (tertiary/aromatic N) is 3. The molecule has 9 heteroatoms. The zero-order chi connectivity index (χ0) is 22.1. The van der Waals surface area contributed by atoms with Crippen LogP contribution in [0.3, 0.4) is 0 Å². The summed E-state index contributed by atoms with van der Waals surface area (Å²) in [5.41, 5.74) is 8.08. The van der Waals surface area contributed by atoms with Gasteiger partial charge in [0.1, 0.15) is 11.8 Å². The Kier molecular flexibility index (Phi) is 5.24. The molecule has 0 radical (unpaired) electrons. The van der Waals surface area contributed by atoms with Gasteiger partial charge < -0.3 is 25.6 Å². The number of hydrogen-bond acceptors (Lipinski definition) is 7. The van der Waals surface area contributed by atoms with E-state index in [1.54, 1.807) is 55.1 Å². The van der Waals surface area contributed by atoms with Crippen molar-refractivity contribution in [2.24, 2.45) is 5.73 Å². The number of methoxy groups -OCH3 is 1. The molecular weight excluding hydrogens is 398 g/mol. The number of rotatable bonds is 6. The molecule has 1 aromatic heterocycles. The first-order valence-electron chi connectivity index (χ1n) is 9.77. The molecule has 2 heterocycles. The molecule has 0 fully saturated rings. The van der Waals surface area contributed by atoms with Gasteiger partial charge in [-0.05, 0) is 43.7 Å². The van der Waals surface area contributed by atoms with Crippen LogP contribution in [0, 0.1) is 0 Å². The number of carbonyl (C=O) groups is 1. The van der Waals surface area contributed by atoms with E-state index in [0.717, 1.165) is 5.56 Å². The van der Waals surface area contributed by atoms with Gasteiger partial charge in [-0.1, -0.05) is 18.2 Å². The predicted octanol–water partition coefficient (Wildman–Crippen LogP) is 2.83. The minimum Gasteiger partial charge on any atom is -0.508 e. The fourth-order valence-corrected chi connectivity index (χ4v) is 3.67. The molecule has 1 aliphatic rings. The number of allylic oxidation sites excluding steroid dienone is 1. The minimum atomic E-state index is -0.614. The molecule has 160 valence electrons. The third kappa shape index (κ3) is 3.65. The van der Waals surface area contributed by atoms with Crippen LogP contribution >= 0.6 is 0 Å². The second kappa shape index (κ2) is 8.02. The van der Waals surface area contributed by atoms with Crippen LogP contribution in [-0.4, -0.2) is 39.5 Å². The van der Waals surface area contributed by atoms with E-state index in [1.807, 2.05) is 13.0 Å². The number of ether oxygens (including phenoxy) is 2. The molecule has 0 saturated heterocycles. The van der Waals surface area contributed by atoms with Crippen LogP contribution in [0.15, 0.2) is 53.7 Å². The Morgan fingerprint density at radius 3 is 2.74 bits per heavy atom. The first kappa shape index (κ1) is 20.3. The van der Waals surface area contributed by atoms with Gasteiger partial charge in [0.25, 0.3) is 0 Å². The summed E-state index contributed by atoms with van der Waals surface area (Å²) < 4.78 is 12.7. The largest absolute Gasteiger partial charge is 0.508 e. The normalized spacial score (nSPS) is 15.3. The molecule has 1 aliphatic heterocycles. The molecule has 0 saturated carbocycles. The SMILES string of the molecule is CCOc1ccc(C2C(C(N)=O)=C(C)Nc3nc(-c4cccc(O)c4)nn32)cc1OC. The van der Waals surface area contributed by atoms with Gasteiger partial charge >= 0.3 is 0 Å². The first-order chi connectivity index (χ1) is 14.9. The number of phenolic OH excluding ortho intramolecular Hbond substituents is 1. The molecule has 3 aromatic rings. The number of primary amides is 1. The van der Waals surface area contributed by atoms with Crippen LogP contribution in [0.5, 0.6) is 17.2 Å². The van der Waals surface area contributed by atoms with E-state index in [1.165, 1.54) is 0 Å². The summed E-state index contributed by atoms with van der Waals surface area (Å²) in [7, 11) is 1.56. The quantitative estimate of drug-likeness (QED) is 0.559. The topological polar surface area (TPSA) is 125 Å². The number of nitrogens with one attached hydrogen (secondary N) is 1. The third-order valence-electron chi connectivity index (χ3n) is 5.03. The second-order valence-electron chi connectivity index (χ2n) is 7.03. The zero-order valence-electron chi connectivity index (χ0n) is 17.4. The maximum absolute atomic E-state index is 12.4. The fourth-order valence-electron chi connectivity index (χ4n) is 3.67. The lowest BCUT2D eigenvalue weighted by Gasteiger charge is -2.28.